The number of carboxylic acids is 1. The lowest BCUT2D eigenvalue weighted by atomic mass is 9.81. The minimum absolute atomic E-state index is 0.326. The molecule has 1 aliphatic carbocycles. The first-order chi connectivity index (χ1) is 6.68. The zero-order chi connectivity index (χ0) is 10.1. The van der Waals surface area contributed by atoms with Crippen LogP contribution in [0.4, 0.5) is 0 Å². The van der Waals surface area contributed by atoms with E-state index in [0.29, 0.717) is 12.8 Å². The monoisotopic (exact) mass is 192 g/mol. The molecule has 1 aliphatic rings. The molecule has 2 rings (SSSR count). The molecule has 2 atom stereocenters. The first kappa shape index (κ1) is 9.21. The van der Waals surface area contributed by atoms with E-state index in [-0.39, 0.29) is 0 Å². The molecule has 0 radical (unpaired) electrons. The summed E-state index contributed by atoms with van der Waals surface area (Å²) in [5.74, 6) is -1.40. The van der Waals surface area contributed by atoms with Gasteiger partial charge in [0.15, 0.2) is 0 Å². The molecule has 0 amide bonds. The van der Waals surface area contributed by atoms with E-state index in [9.17, 15) is 9.90 Å². The number of hydrogen-bond acceptors (Lipinski definition) is 2. The van der Waals surface area contributed by atoms with E-state index >= 15 is 0 Å². The molecule has 1 aromatic rings. The van der Waals surface area contributed by atoms with Gasteiger partial charge < -0.3 is 10.2 Å². The Hall–Kier alpha value is -1.35. The second kappa shape index (κ2) is 3.42. The van der Waals surface area contributed by atoms with Crippen LogP contribution in [0.2, 0.25) is 0 Å². The molecule has 3 nitrogen and oxygen atoms in total. The number of rotatable bonds is 1. The quantitative estimate of drug-likeness (QED) is 0.702. The van der Waals surface area contributed by atoms with Gasteiger partial charge in [-0.15, -0.1) is 0 Å². The molecule has 0 fully saturated rings. The fraction of sp³-hybridized carbons (Fsp3) is 0.364. The van der Waals surface area contributed by atoms with Gasteiger partial charge in [-0.2, -0.15) is 0 Å². The van der Waals surface area contributed by atoms with E-state index in [1.54, 1.807) is 0 Å². The molecule has 0 bridgehead atoms. The average molecular weight is 192 g/mol. The van der Waals surface area contributed by atoms with Gasteiger partial charge in [-0.05, 0) is 24.0 Å². The van der Waals surface area contributed by atoms with Gasteiger partial charge >= 0.3 is 5.97 Å². The van der Waals surface area contributed by atoms with Crippen molar-refractivity contribution in [2.75, 3.05) is 0 Å². The fourth-order valence-corrected chi connectivity index (χ4v) is 2.03. The van der Waals surface area contributed by atoms with E-state index in [1.165, 1.54) is 0 Å². The third kappa shape index (κ3) is 1.51. The second-order valence-corrected chi connectivity index (χ2v) is 3.68. The first-order valence-corrected chi connectivity index (χ1v) is 4.67. The number of benzene rings is 1. The van der Waals surface area contributed by atoms with Crippen molar-refractivity contribution in [2.24, 2.45) is 0 Å². The highest BCUT2D eigenvalue weighted by atomic mass is 16.4. The third-order valence-corrected chi connectivity index (χ3v) is 2.69. The maximum absolute atomic E-state index is 11.0. The molecule has 14 heavy (non-hydrogen) atoms. The lowest BCUT2D eigenvalue weighted by Gasteiger charge is -2.25. The molecule has 0 saturated carbocycles. The largest absolute Gasteiger partial charge is 0.481 e. The molecular formula is C11H12O3. The molecule has 1 aromatic carbocycles. The number of fused-ring (bicyclic) bond motifs is 1. The van der Waals surface area contributed by atoms with E-state index in [1.807, 2.05) is 24.3 Å². The SMILES string of the molecule is O=C(O)C1CC(O)Cc2ccccc21. The summed E-state index contributed by atoms with van der Waals surface area (Å²) < 4.78 is 0. The molecule has 0 spiro atoms. The number of hydrogen-bond donors (Lipinski definition) is 2. The highest BCUT2D eigenvalue weighted by molar-refractivity contribution is 5.77. The molecular weight excluding hydrogens is 180 g/mol. The summed E-state index contributed by atoms with van der Waals surface area (Å²) in [6.07, 6.45) is 0.373. The summed E-state index contributed by atoms with van der Waals surface area (Å²) in [5.41, 5.74) is 1.81. The van der Waals surface area contributed by atoms with Gasteiger partial charge in [0.1, 0.15) is 0 Å². The number of aliphatic carboxylic acids is 1. The smallest absolute Gasteiger partial charge is 0.311 e. The highest BCUT2D eigenvalue weighted by Crippen LogP contribution is 2.31. The average Bonchev–Trinajstić information content (AvgIpc) is 2.16. The van der Waals surface area contributed by atoms with Crippen molar-refractivity contribution >= 4 is 5.97 Å². The van der Waals surface area contributed by atoms with Crippen LogP contribution in [0.5, 0.6) is 0 Å². The van der Waals surface area contributed by atoms with Crippen LogP contribution in [-0.2, 0) is 11.2 Å². The van der Waals surface area contributed by atoms with Crippen molar-refractivity contribution < 1.29 is 15.0 Å². The lowest BCUT2D eigenvalue weighted by molar-refractivity contribution is -0.139. The van der Waals surface area contributed by atoms with Gasteiger partial charge in [-0.1, -0.05) is 24.3 Å². The van der Waals surface area contributed by atoms with Crippen LogP contribution >= 0.6 is 0 Å². The van der Waals surface area contributed by atoms with Crippen molar-refractivity contribution in [2.45, 2.75) is 24.9 Å². The normalized spacial score (nSPS) is 25.5. The Labute approximate surface area is 82.0 Å². The number of carboxylic acid groups (broad SMARTS) is 1. The van der Waals surface area contributed by atoms with Crippen molar-refractivity contribution in [3.05, 3.63) is 35.4 Å². The van der Waals surface area contributed by atoms with Crippen LogP contribution < -0.4 is 0 Å². The zero-order valence-electron chi connectivity index (χ0n) is 7.68. The summed E-state index contributed by atoms with van der Waals surface area (Å²) in [7, 11) is 0. The van der Waals surface area contributed by atoms with E-state index < -0.39 is 18.0 Å². The first-order valence-electron chi connectivity index (χ1n) is 4.67. The summed E-state index contributed by atoms with van der Waals surface area (Å²) in [6, 6.07) is 7.43. The summed E-state index contributed by atoms with van der Waals surface area (Å²) >= 11 is 0. The Kier molecular flexibility index (Phi) is 2.25. The Morgan fingerprint density at radius 2 is 2.07 bits per heavy atom. The van der Waals surface area contributed by atoms with Gasteiger partial charge in [0, 0.05) is 0 Å². The van der Waals surface area contributed by atoms with Crippen LogP contribution in [-0.4, -0.2) is 22.3 Å². The molecule has 0 aromatic heterocycles. The third-order valence-electron chi connectivity index (χ3n) is 2.69. The maximum atomic E-state index is 11.0. The Bertz CT molecular complexity index is 359. The van der Waals surface area contributed by atoms with E-state index in [2.05, 4.69) is 0 Å². The van der Waals surface area contributed by atoms with Gasteiger partial charge in [-0.3, -0.25) is 4.79 Å². The van der Waals surface area contributed by atoms with E-state index in [0.717, 1.165) is 11.1 Å². The molecule has 2 N–H and O–H groups in total. The number of carbonyl (C=O) groups is 1. The Morgan fingerprint density at radius 1 is 1.36 bits per heavy atom. The van der Waals surface area contributed by atoms with Gasteiger partial charge in [0.05, 0.1) is 12.0 Å². The Morgan fingerprint density at radius 3 is 2.79 bits per heavy atom. The minimum atomic E-state index is -0.851. The standard InChI is InChI=1S/C11H12O3/c12-8-5-7-3-1-2-4-9(7)10(6-8)11(13)14/h1-4,8,10,12H,5-6H2,(H,13,14). The van der Waals surface area contributed by atoms with Crippen LogP contribution in [0.15, 0.2) is 24.3 Å². The van der Waals surface area contributed by atoms with Gasteiger partial charge in [0.25, 0.3) is 0 Å². The summed E-state index contributed by atoms with van der Waals surface area (Å²) in [6.45, 7) is 0. The fourth-order valence-electron chi connectivity index (χ4n) is 2.03. The predicted octanol–water partition coefficient (Wildman–Crippen LogP) is 1.16. The molecule has 3 heteroatoms. The van der Waals surface area contributed by atoms with Gasteiger partial charge in [-0.25, -0.2) is 0 Å². The van der Waals surface area contributed by atoms with Crippen molar-refractivity contribution in [1.29, 1.82) is 0 Å². The van der Waals surface area contributed by atoms with Crippen LogP contribution in [0.25, 0.3) is 0 Å². The lowest BCUT2D eigenvalue weighted by Crippen LogP contribution is -2.27. The van der Waals surface area contributed by atoms with Crippen LogP contribution in [0, 0.1) is 0 Å². The van der Waals surface area contributed by atoms with Crippen LogP contribution in [0.3, 0.4) is 0 Å². The maximum Gasteiger partial charge on any atom is 0.311 e. The summed E-state index contributed by atoms with van der Waals surface area (Å²) in [5, 5.41) is 18.5. The topological polar surface area (TPSA) is 57.5 Å². The highest BCUT2D eigenvalue weighted by Gasteiger charge is 2.30. The predicted molar refractivity (Wildman–Crippen MR) is 51.1 cm³/mol. The van der Waals surface area contributed by atoms with E-state index in [4.69, 9.17) is 5.11 Å². The second-order valence-electron chi connectivity index (χ2n) is 3.68. The van der Waals surface area contributed by atoms with Crippen molar-refractivity contribution in [1.82, 2.24) is 0 Å². The molecule has 0 saturated heterocycles. The number of aliphatic hydroxyl groups excluding tert-OH is 1. The molecule has 74 valence electrons. The van der Waals surface area contributed by atoms with Gasteiger partial charge in [0.2, 0.25) is 0 Å². The molecule has 2 unspecified atom stereocenters. The van der Waals surface area contributed by atoms with Crippen LogP contribution in [0.1, 0.15) is 23.5 Å². The number of aliphatic hydroxyl groups is 1. The zero-order valence-corrected chi connectivity index (χ0v) is 7.68. The summed E-state index contributed by atoms with van der Waals surface area (Å²) in [4.78, 5) is 11.0. The molecule has 0 aliphatic heterocycles. The Balaban J connectivity index is 2.43. The molecule has 0 heterocycles. The van der Waals surface area contributed by atoms with Crippen molar-refractivity contribution in [3.63, 3.8) is 0 Å². The minimum Gasteiger partial charge on any atom is -0.481 e. The van der Waals surface area contributed by atoms with Crippen molar-refractivity contribution in [3.8, 4) is 0 Å².